The molecule has 0 aliphatic heterocycles. The van der Waals surface area contributed by atoms with Gasteiger partial charge < -0.3 is 5.32 Å². The Bertz CT molecular complexity index is 1320. The van der Waals surface area contributed by atoms with Gasteiger partial charge in [0.1, 0.15) is 12.1 Å². The van der Waals surface area contributed by atoms with Crippen LogP contribution in [0, 0.1) is 13.8 Å². The van der Waals surface area contributed by atoms with E-state index in [2.05, 4.69) is 69.7 Å². The largest absolute Gasteiger partial charge is 0.339 e. The zero-order valence-corrected chi connectivity index (χ0v) is 15.7. The molecule has 0 radical (unpaired) electrons. The first-order chi connectivity index (χ1) is 13.7. The number of hydrogen-bond acceptors (Lipinski definition) is 4. The maximum absolute atomic E-state index is 4.51. The Hall–Kier alpha value is -3.73. The Morgan fingerprint density at radius 2 is 1.68 bits per heavy atom. The smallest absolute Gasteiger partial charge is 0.141 e. The number of aromatic amines is 1. The summed E-state index contributed by atoms with van der Waals surface area (Å²) in [7, 11) is 0. The highest BCUT2D eigenvalue weighted by Crippen LogP contribution is 2.31. The fourth-order valence-corrected chi connectivity index (χ4v) is 3.46. The summed E-state index contributed by atoms with van der Waals surface area (Å²) in [6.07, 6.45) is 3.41. The molecule has 5 aromatic rings. The molecule has 0 spiro atoms. The topological polar surface area (TPSA) is 66.5 Å². The van der Waals surface area contributed by atoms with Crippen molar-refractivity contribution in [1.29, 1.82) is 0 Å². The molecule has 2 aromatic heterocycles. The molecule has 5 rings (SSSR count). The van der Waals surface area contributed by atoms with Gasteiger partial charge in [0.25, 0.3) is 0 Å². The van der Waals surface area contributed by atoms with Crippen molar-refractivity contribution in [1.82, 2.24) is 20.2 Å². The molecule has 2 heterocycles. The lowest BCUT2D eigenvalue weighted by Crippen LogP contribution is -1.96. The van der Waals surface area contributed by atoms with Crippen molar-refractivity contribution >= 4 is 33.3 Å². The van der Waals surface area contributed by atoms with E-state index >= 15 is 0 Å². The first-order valence-corrected chi connectivity index (χ1v) is 9.20. The SMILES string of the molecule is Cc1ccc(-c2ccc3ncnc(Nc4cccc5[nH]ncc45)c3c2)cc1C. The normalized spacial score (nSPS) is 11.2. The minimum Gasteiger partial charge on any atom is -0.339 e. The molecule has 2 N–H and O–H groups in total. The van der Waals surface area contributed by atoms with E-state index < -0.39 is 0 Å². The number of hydrogen-bond donors (Lipinski definition) is 2. The summed E-state index contributed by atoms with van der Waals surface area (Å²) < 4.78 is 0. The summed E-state index contributed by atoms with van der Waals surface area (Å²) in [5.41, 5.74) is 7.77. The molecule has 0 aliphatic carbocycles. The van der Waals surface area contributed by atoms with Crippen molar-refractivity contribution in [2.45, 2.75) is 13.8 Å². The van der Waals surface area contributed by atoms with E-state index in [1.165, 1.54) is 16.7 Å². The average Bonchev–Trinajstić information content (AvgIpc) is 3.20. The van der Waals surface area contributed by atoms with Crippen LogP contribution in [-0.4, -0.2) is 20.2 Å². The predicted octanol–water partition coefficient (Wildman–Crippen LogP) is 5.53. The number of nitrogens with zero attached hydrogens (tertiary/aromatic N) is 3. The van der Waals surface area contributed by atoms with Gasteiger partial charge in [-0.2, -0.15) is 5.10 Å². The molecule has 3 aromatic carbocycles. The highest BCUT2D eigenvalue weighted by atomic mass is 15.1. The lowest BCUT2D eigenvalue weighted by molar-refractivity contribution is 1.12. The number of H-pyrrole nitrogens is 1. The molecule has 0 unspecified atom stereocenters. The molecule has 5 nitrogen and oxygen atoms in total. The van der Waals surface area contributed by atoms with E-state index in [-0.39, 0.29) is 0 Å². The molecule has 0 atom stereocenters. The van der Waals surface area contributed by atoms with Crippen LogP contribution in [0.4, 0.5) is 11.5 Å². The van der Waals surface area contributed by atoms with Crippen LogP contribution in [0.3, 0.4) is 0 Å². The highest BCUT2D eigenvalue weighted by Gasteiger charge is 2.09. The maximum Gasteiger partial charge on any atom is 0.141 e. The van der Waals surface area contributed by atoms with Gasteiger partial charge in [0.2, 0.25) is 0 Å². The van der Waals surface area contributed by atoms with Gasteiger partial charge in [-0.15, -0.1) is 0 Å². The Morgan fingerprint density at radius 1 is 0.821 bits per heavy atom. The molecule has 0 saturated carbocycles. The molecular formula is C23H19N5. The number of anilines is 2. The molecule has 28 heavy (non-hydrogen) atoms. The maximum atomic E-state index is 4.51. The molecule has 0 saturated heterocycles. The van der Waals surface area contributed by atoms with Gasteiger partial charge in [-0.25, -0.2) is 9.97 Å². The van der Waals surface area contributed by atoms with E-state index in [1.807, 2.05) is 30.5 Å². The van der Waals surface area contributed by atoms with E-state index in [4.69, 9.17) is 0 Å². The summed E-state index contributed by atoms with van der Waals surface area (Å²) in [6.45, 7) is 4.27. The van der Waals surface area contributed by atoms with Crippen LogP contribution in [0.5, 0.6) is 0 Å². The van der Waals surface area contributed by atoms with Gasteiger partial charge in [-0.05, 0) is 60.4 Å². The van der Waals surface area contributed by atoms with Crippen LogP contribution in [0.1, 0.15) is 11.1 Å². The van der Waals surface area contributed by atoms with Crippen LogP contribution < -0.4 is 5.32 Å². The summed E-state index contributed by atoms with van der Waals surface area (Å²) in [6, 6.07) is 18.9. The zero-order chi connectivity index (χ0) is 19.1. The lowest BCUT2D eigenvalue weighted by atomic mass is 9.99. The minimum absolute atomic E-state index is 0.782. The fraction of sp³-hybridized carbons (Fsp3) is 0.0870. The van der Waals surface area contributed by atoms with Gasteiger partial charge in [0.15, 0.2) is 0 Å². The average molecular weight is 365 g/mol. The Morgan fingerprint density at radius 3 is 2.57 bits per heavy atom. The van der Waals surface area contributed by atoms with Crippen molar-refractivity contribution in [2.24, 2.45) is 0 Å². The predicted molar refractivity (Wildman–Crippen MR) is 114 cm³/mol. The van der Waals surface area contributed by atoms with Gasteiger partial charge in [-0.3, -0.25) is 5.10 Å². The molecular weight excluding hydrogens is 346 g/mol. The molecule has 136 valence electrons. The molecule has 5 heteroatoms. The quantitative estimate of drug-likeness (QED) is 0.441. The van der Waals surface area contributed by atoms with E-state index in [0.717, 1.165) is 38.9 Å². The molecule has 0 amide bonds. The van der Waals surface area contributed by atoms with Crippen LogP contribution in [0.15, 0.2) is 67.1 Å². The summed E-state index contributed by atoms with van der Waals surface area (Å²) >= 11 is 0. The van der Waals surface area contributed by atoms with Crippen LogP contribution in [0.2, 0.25) is 0 Å². The molecule has 0 fully saturated rings. The monoisotopic (exact) mass is 365 g/mol. The van der Waals surface area contributed by atoms with Gasteiger partial charge in [0, 0.05) is 10.8 Å². The Kier molecular flexibility index (Phi) is 3.79. The van der Waals surface area contributed by atoms with Crippen molar-refractivity contribution in [3.63, 3.8) is 0 Å². The Balaban J connectivity index is 1.63. The molecule has 0 aliphatic rings. The van der Waals surface area contributed by atoms with Crippen molar-refractivity contribution in [3.8, 4) is 11.1 Å². The second-order valence-electron chi connectivity index (χ2n) is 7.02. The van der Waals surface area contributed by atoms with Crippen molar-refractivity contribution in [3.05, 3.63) is 78.2 Å². The number of aromatic nitrogens is 4. The number of benzene rings is 3. The fourth-order valence-electron chi connectivity index (χ4n) is 3.46. The number of aryl methyl sites for hydroxylation is 2. The zero-order valence-electron chi connectivity index (χ0n) is 15.7. The van der Waals surface area contributed by atoms with E-state index in [9.17, 15) is 0 Å². The summed E-state index contributed by atoms with van der Waals surface area (Å²) in [5.74, 6) is 0.782. The second kappa shape index (κ2) is 6.46. The highest BCUT2D eigenvalue weighted by molar-refractivity contribution is 5.98. The number of fused-ring (bicyclic) bond motifs is 2. The number of nitrogens with one attached hydrogen (secondary N) is 2. The molecule has 0 bridgehead atoms. The minimum atomic E-state index is 0.782. The van der Waals surface area contributed by atoms with Crippen molar-refractivity contribution in [2.75, 3.05) is 5.32 Å². The summed E-state index contributed by atoms with van der Waals surface area (Å²) in [4.78, 5) is 8.94. The van der Waals surface area contributed by atoms with Gasteiger partial charge >= 0.3 is 0 Å². The summed E-state index contributed by atoms with van der Waals surface area (Å²) in [5, 5.41) is 12.6. The van der Waals surface area contributed by atoms with E-state index in [0.29, 0.717) is 0 Å². The van der Waals surface area contributed by atoms with Crippen LogP contribution >= 0.6 is 0 Å². The van der Waals surface area contributed by atoms with E-state index in [1.54, 1.807) is 6.33 Å². The number of rotatable bonds is 3. The standard InChI is InChI=1S/C23H19N5/c1-14-6-7-16(10-15(14)2)17-8-9-20-18(11-17)23(25-13-24-20)27-21-4-3-5-22-19(21)12-26-28-22/h3-13H,1-2H3,(H,26,28)(H,24,25,27). The van der Waals surface area contributed by atoms with Crippen LogP contribution in [-0.2, 0) is 0 Å². The first kappa shape index (κ1) is 16.4. The second-order valence-corrected chi connectivity index (χ2v) is 7.02. The third-order valence-electron chi connectivity index (χ3n) is 5.21. The van der Waals surface area contributed by atoms with Crippen LogP contribution in [0.25, 0.3) is 32.9 Å². The lowest BCUT2D eigenvalue weighted by Gasteiger charge is -2.11. The Labute approximate surface area is 162 Å². The third kappa shape index (κ3) is 2.77. The first-order valence-electron chi connectivity index (χ1n) is 9.20. The van der Waals surface area contributed by atoms with Gasteiger partial charge in [0.05, 0.1) is 22.9 Å². The van der Waals surface area contributed by atoms with Gasteiger partial charge in [-0.1, -0.05) is 30.3 Å². The van der Waals surface area contributed by atoms with Crippen molar-refractivity contribution < 1.29 is 0 Å². The third-order valence-corrected chi connectivity index (χ3v) is 5.21.